The number of H-pyrrole nitrogens is 1. The maximum Gasteiger partial charge on any atom is 0.259 e. The first-order valence-electron chi connectivity index (χ1n) is 7.37. The van der Waals surface area contributed by atoms with Gasteiger partial charge in [0.2, 0.25) is 0 Å². The monoisotopic (exact) mass is 309 g/mol. The number of hydrogen-bond donors (Lipinski definition) is 3. The van der Waals surface area contributed by atoms with Crippen molar-refractivity contribution >= 4 is 21.6 Å². The zero-order chi connectivity index (χ0) is 15.4. The zero-order valence-corrected chi connectivity index (χ0v) is 13.6. The number of nitrogens with zero attached hydrogens (tertiary/aromatic N) is 1. The molecule has 1 unspecified atom stereocenters. The van der Waals surface area contributed by atoms with E-state index in [-0.39, 0.29) is 12.2 Å². The quantitative estimate of drug-likeness (QED) is 0.732. The van der Waals surface area contributed by atoms with E-state index in [4.69, 9.17) is 5.11 Å². The van der Waals surface area contributed by atoms with Gasteiger partial charge in [-0.1, -0.05) is 13.3 Å². The fourth-order valence-electron chi connectivity index (χ4n) is 2.41. The second-order valence-corrected chi connectivity index (χ2v) is 6.60. The van der Waals surface area contributed by atoms with Gasteiger partial charge in [-0.05, 0) is 38.3 Å². The van der Waals surface area contributed by atoms with Crippen LogP contribution in [0.2, 0.25) is 0 Å². The fourth-order valence-corrected chi connectivity index (χ4v) is 3.46. The Bertz CT molecular complexity index is 663. The summed E-state index contributed by atoms with van der Waals surface area (Å²) in [7, 11) is 0. The highest BCUT2D eigenvalue weighted by molar-refractivity contribution is 7.18. The average Bonchev–Trinajstić information content (AvgIpc) is 2.73. The Balaban J connectivity index is 2.08. The molecule has 2 rings (SSSR count). The molecule has 6 heteroatoms. The largest absolute Gasteiger partial charge is 0.396 e. The van der Waals surface area contributed by atoms with Crippen LogP contribution >= 0.6 is 11.3 Å². The van der Waals surface area contributed by atoms with E-state index in [2.05, 4.69) is 22.2 Å². The normalized spacial score (nSPS) is 13.0. The zero-order valence-electron chi connectivity index (χ0n) is 12.8. The standard InChI is InChI=1S/C15H23N3O2S/c1-4-11(5-6-19)7-16-8-12-17-14(20)13-9(2)10(3)21-15(13)18-12/h11,16,19H,4-8H2,1-3H3,(H,17,18,20). The third-order valence-electron chi connectivity index (χ3n) is 3.93. The number of aliphatic hydroxyl groups is 1. The lowest BCUT2D eigenvalue weighted by atomic mass is 10.0. The van der Waals surface area contributed by atoms with Crippen LogP contribution in [0.4, 0.5) is 0 Å². The lowest BCUT2D eigenvalue weighted by molar-refractivity contribution is 0.251. The number of aliphatic hydroxyl groups excluding tert-OH is 1. The molecule has 2 heterocycles. The molecule has 2 aromatic heterocycles. The topological polar surface area (TPSA) is 78.0 Å². The molecule has 0 amide bonds. The molecule has 0 bridgehead atoms. The molecule has 0 fully saturated rings. The number of aryl methyl sites for hydroxylation is 2. The number of aromatic nitrogens is 2. The van der Waals surface area contributed by atoms with Crippen molar-refractivity contribution in [1.29, 1.82) is 0 Å². The highest BCUT2D eigenvalue weighted by atomic mass is 32.1. The predicted molar refractivity (Wildman–Crippen MR) is 86.9 cm³/mol. The number of aromatic amines is 1. The molecule has 0 aromatic carbocycles. The van der Waals surface area contributed by atoms with Gasteiger partial charge in [-0.2, -0.15) is 0 Å². The van der Waals surface area contributed by atoms with Crippen LogP contribution in [0.3, 0.4) is 0 Å². The van der Waals surface area contributed by atoms with Crippen molar-refractivity contribution < 1.29 is 5.11 Å². The minimum Gasteiger partial charge on any atom is -0.396 e. The smallest absolute Gasteiger partial charge is 0.259 e. The van der Waals surface area contributed by atoms with Crippen LogP contribution in [-0.4, -0.2) is 28.2 Å². The Hall–Kier alpha value is -1.24. The lowest BCUT2D eigenvalue weighted by Gasteiger charge is -2.13. The van der Waals surface area contributed by atoms with Gasteiger partial charge in [-0.3, -0.25) is 4.79 Å². The Kier molecular flexibility index (Phi) is 5.50. The van der Waals surface area contributed by atoms with Gasteiger partial charge >= 0.3 is 0 Å². The Morgan fingerprint density at radius 1 is 1.43 bits per heavy atom. The molecule has 3 N–H and O–H groups in total. The molecular weight excluding hydrogens is 286 g/mol. The number of nitrogens with one attached hydrogen (secondary N) is 2. The molecule has 116 valence electrons. The van der Waals surface area contributed by atoms with E-state index >= 15 is 0 Å². The van der Waals surface area contributed by atoms with Crippen molar-refractivity contribution in [3.8, 4) is 0 Å². The maximum atomic E-state index is 12.1. The number of thiophene rings is 1. The highest BCUT2D eigenvalue weighted by Gasteiger charge is 2.12. The molecule has 0 aliphatic rings. The van der Waals surface area contributed by atoms with E-state index < -0.39 is 0 Å². The predicted octanol–water partition coefficient (Wildman–Crippen LogP) is 2.10. The second-order valence-electron chi connectivity index (χ2n) is 5.39. The van der Waals surface area contributed by atoms with Gasteiger partial charge in [0, 0.05) is 11.5 Å². The minimum absolute atomic E-state index is 0.0546. The van der Waals surface area contributed by atoms with Crippen molar-refractivity contribution in [1.82, 2.24) is 15.3 Å². The van der Waals surface area contributed by atoms with Gasteiger partial charge in [0.25, 0.3) is 5.56 Å². The maximum absolute atomic E-state index is 12.1. The second kappa shape index (κ2) is 7.15. The third kappa shape index (κ3) is 3.70. The van der Waals surface area contributed by atoms with Gasteiger partial charge < -0.3 is 15.4 Å². The van der Waals surface area contributed by atoms with Crippen LogP contribution in [0.15, 0.2) is 4.79 Å². The third-order valence-corrected chi connectivity index (χ3v) is 5.03. The molecular formula is C15H23N3O2S. The first kappa shape index (κ1) is 16.1. The summed E-state index contributed by atoms with van der Waals surface area (Å²) >= 11 is 1.57. The molecule has 0 aliphatic heterocycles. The molecule has 0 aliphatic carbocycles. The van der Waals surface area contributed by atoms with Crippen LogP contribution in [0.5, 0.6) is 0 Å². The molecule has 2 aromatic rings. The van der Waals surface area contributed by atoms with Crippen LogP contribution in [0.25, 0.3) is 10.2 Å². The number of fused-ring (bicyclic) bond motifs is 1. The van der Waals surface area contributed by atoms with Crippen molar-refractivity contribution in [2.24, 2.45) is 5.92 Å². The highest BCUT2D eigenvalue weighted by Crippen LogP contribution is 2.25. The summed E-state index contributed by atoms with van der Waals surface area (Å²) in [6.07, 6.45) is 1.83. The number of hydrogen-bond acceptors (Lipinski definition) is 5. The van der Waals surface area contributed by atoms with Crippen molar-refractivity contribution in [2.45, 2.75) is 40.2 Å². The minimum atomic E-state index is -0.0546. The van der Waals surface area contributed by atoms with Gasteiger partial charge in [0.05, 0.1) is 11.9 Å². The average molecular weight is 309 g/mol. The SMILES string of the molecule is CCC(CCO)CNCc1nc2sc(C)c(C)c2c(=O)[nH]1. The van der Waals surface area contributed by atoms with Crippen LogP contribution in [0.1, 0.15) is 36.0 Å². The molecule has 0 radical (unpaired) electrons. The summed E-state index contributed by atoms with van der Waals surface area (Å²) in [6.45, 7) is 7.67. The van der Waals surface area contributed by atoms with Gasteiger partial charge in [0.15, 0.2) is 0 Å². The van der Waals surface area contributed by atoms with Gasteiger partial charge in [0.1, 0.15) is 10.7 Å². The van der Waals surface area contributed by atoms with E-state index in [1.807, 2.05) is 13.8 Å². The summed E-state index contributed by atoms with van der Waals surface area (Å²) in [5.41, 5.74) is 0.971. The summed E-state index contributed by atoms with van der Waals surface area (Å²) < 4.78 is 0. The van der Waals surface area contributed by atoms with E-state index in [0.29, 0.717) is 23.7 Å². The van der Waals surface area contributed by atoms with Crippen molar-refractivity contribution in [3.63, 3.8) is 0 Å². The van der Waals surface area contributed by atoms with Crippen molar-refractivity contribution in [2.75, 3.05) is 13.2 Å². The van der Waals surface area contributed by atoms with E-state index in [9.17, 15) is 4.79 Å². The van der Waals surface area contributed by atoms with E-state index in [0.717, 1.165) is 34.7 Å². The van der Waals surface area contributed by atoms with Gasteiger partial charge in [-0.15, -0.1) is 11.3 Å². The Morgan fingerprint density at radius 2 is 2.19 bits per heavy atom. The first-order valence-corrected chi connectivity index (χ1v) is 8.18. The van der Waals surface area contributed by atoms with Crippen LogP contribution < -0.4 is 10.9 Å². The molecule has 0 spiro atoms. The molecule has 0 saturated carbocycles. The summed E-state index contributed by atoms with van der Waals surface area (Å²) in [4.78, 5) is 21.5. The van der Waals surface area contributed by atoms with E-state index in [1.54, 1.807) is 11.3 Å². The summed E-state index contributed by atoms with van der Waals surface area (Å²) in [5.74, 6) is 1.13. The summed E-state index contributed by atoms with van der Waals surface area (Å²) in [5, 5.41) is 13.0. The van der Waals surface area contributed by atoms with Crippen LogP contribution in [0, 0.1) is 19.8 Å². The Morgan fingerprint density at radius 3 is 2.86 bits per heavy atom. The fraction of sp³-hybridized carbons (Fsp3) is 0.600. The molecule has 5 nitrogen and oxygen atoms in total. The Labute approximate surface area is 128 Å². The van der Waals surface area contributed by atoms with Gasteiger partial charge in [-0.25, -0.2) is 4.98 Å². The molecule has 1 atom stereocenters. The summed E-state index contributed by atoms with van der Waals surface area (Å²) in [6, 6.07) is 0. The van der Waals surface area contributed by atoms with Crippen LogP contribution in [-0.2, 0) is 6.54 Å². The molecule has 21 heavy (non-hydrogen) atoms. The first-order chi connectivity index (χ1) is 10.1. The number of rotatable bonds is 7. The van der Waals surface area contributed by atoms with E-state index in [1.165, 1.54) is 0 Å². The molecule has 0 saturated heterocycles. The lowest BCUT2D eigenvalue weighted by Crippen LogP contribution is -2.25. The van der Waals surface area contributed by atoms with Crippen molar-refractivity contribution in [3.05, 3.63) is 26.6 Å².